The molecule has 0 radical (unpaired) electrons. The molecular weight excluding hydrogens is 284 g/mol. The van der Waals surface area contributed by atoms with Crippen LogP contribution in [-0.2, 0) is 16.4 Å². The Balaban J connectivity index is 1.73. The first-order valence-electron chi connectivity index (χ1n) is 7.53. The average molecular weight is 308 g/mol. The molecule has 0 bridgehead atoms. The highest BCUT2D eigenvalue weighted by Gasteiger charge is 2.64. The molecule has 5 heteroatoms. The molecule has 1 aliphatic heterocycles. The molecule has 2 aliphatic rings. The van der Waals surface area contributed by atoms with E-state index in [0.29, 0.717) is 17.4 Å². The number of anilines is 1. The molecule has 0 aromatic heterocycles. The standard InChI is InChI=1S/C16H24N2O2S/c1-15(2)14(16(15,3)4)10-18-21(19,20)12-5-6-13-11(9-12)7-8-17-13/h5-6,9,14,17-18H,7-8,10H2,1-4H3. The third-order valence-electron chi connectivity index (χ3n) is 5.89. The van der Waals surface area contributed by atoms with E-state index in [1.165, 1.54) is 0 Å². The van der Waals surface area contributed by atoms with E-state index in [-0.39, 0.29) is 10.8 Å². The number of sulfonamides is 1. The Morgan fingerprint density at radius 1 is 1.24 bits per heavy atom. The Labute approximate surface area is 127 Å². The van der Waals surface area contributed by atoms with Crippen LogP contribution < -0.4 is 10.0 Å². The van der Waals surface area contributed by atoms with E-state index in [1.54, 1.807) is 12.1 Å². The van der Waals surface area contributed by atoms with E-state index >= 15 is 0 Å². The van der Waals surface area contributed by atoms with Crippen molar-refractivity contribution >= 4 is 15.7 Å². The third kappa shape index (κ3) is 2.27. The molecule has 0 amide bonds. The molecule has 1 aromatic rings. The average Bonchev–Trinajstić information content (AvgIpc) is 2.74. The number of nitrogens with one attached hydrogen (secondary N) is 2. The lowest BCUT2D eigenvalue weighted by atomic mass is 10.0. The smallest absolute Gasteiger partial charge is 0.240 e. The zero-order chi connectivity index (χ0) is 15.5. The molecular formula is C16H24N2O2S. The Morgan fingerprint density at radius 3 is 2.52 bits per heavy atom. The van der Waals surface area contributed by atoms with E-state index in [1.807, 2.05) is 6.07 Å². The predicted octanol–water partition coefficient (Wildman–Crippen LogP) is 2.62. The molecule has 1 aromatic carbocycles. The number of fused-ring (bicyclic) bond motifs is 1. The van der Waals surface area contributed by atoms with Crippen LogP contribution in [0.25, 0.3) is 0 Å². The minimum atomic E-state index is -3.42. The van der Waals surface area contributed by atoms with Crippen molar-refractivity contribution in [1.29, 1.82) is 0 Å². The number of benzene rings is 1. The van der Waals surface area contributed by atoms with Gasteiger partial charge in [-0.05, 0) is 46.9 Å². The molecule has 1 fully saturated rings. The molecule has 3 rings (SSSR count). The van der Waals surface area contributed by atoms with Gasteiger partial charge < -0.3 is 5.32 Å². The van der Waals surface area contributed by atoms with E-state index in [4.69, 9.17) is 0 Å². The Kier molecular flexibility index (Phi) is 3.16. The fourth-order valence-corrected chi connectivity index (χ4v) is 4.67. The van der Waals surface area contributed by atoms with E-state index in [0.717, 1.165) is 24.2 Å². The number of rotatable bonds is 4. The molecule has 1 heterocycles. The van der Waals surface area contributed by atoms with Crippen molar-refractivity contribution < 1.29 is 8.42 Å². The summed E-state index contributed by atoms with van der Waals surface area (Å²) < 4.78 is 27.7. The van der Waals surface area contributed by atoms with Crippen LogP contribution in [0.3, 0.4) is 0 Å². The fourth-order valence-electron chi connectivity index (χ4n) is 3.57. The minimum absolute atomic E-state index is 0.192. The molecule has 0 atom stereocenters. The van der Waals surface area contributed by atoms with Gasteiger partial charge in [-0.3, -0.25) is 0 Å². The molecule has 0 saturated heterocycles. The zero-order valence-electron chi connectivity index (χ0n) is 13.2. The predicted molar refractivity (Wildman–Crippen MR) is 84.9 cm³/mol. The SMILES string of the molecule is CC1(C)C(CNS(=O)(=O)c2ccc3c(c2)CCN3)C1(C)C. The molecule has 1 saturated carbocycles. The van der Waals surface area contributed by atoms with Crippen molar-refractivity contribution in [2.75, 3.05) is 18.4 Å². The second-order valence-electron chi connectivity index (χ2n) is 7.34. The van der Waals surface area contributed by atoms with Gasteiger partial charge in [-0.2, -0.15) is 0 Å². The summed E-state index contributed by atoms with van der Waals surface area (Å²) in [7, 11) is -3.42. The summed E-state index contributed by atoms with van der Waals surface area (Å²) in [6.07, 6.45) is 0.890. The summed E-state index contributed by atoms with van der Waals surface area (Å²) in [5.41, 5.74) is 2.53. The van der Waals surface area contributed by atoms with Crippen LogP contribution in [0.1, 0.15) is 33.3 Å². The van der Waals surface area contributed by atoms with Gasteiger partial charge in [-0.15, -0.1) is 0 Å². The summed E-state index contributed by atoms with van der Waals surface area (Å²) >= 11 is 0. The molecule has 116 valence electrons. The van der Waals surface area contributed by atoms with Crippen LogP contribution in [0.2, 0.25) is 0 Å². The van der Waals surface area contributed by atoms with Gasteiger partial charge in [-0.25, -0.2) is 13.1 Å². The topological polar surface area (TPSA) is 58.2 Å². The molecule has 2 N–H and O–H groups in total. The Bertz CT molecular complexity index is 664. The number of hydrogen-bond acceptors (Lipinski definition) is 3. The summed E-state index contributed by atoms with van der Waals surface area (Å²) in [5, 5.41) is 3.25. The lowest BCUT2D eigenvalue weighted by Crippen LogP contribution is -2.27. The monoisotopic (exact) mass is 308 g/mol. The van der Waals surface area contributed by atoms with Crippen LogP contribution in [0, 0.1) is 16.7 Å². The highest BCUT2D eigenvalue weighted by atomic mass is 32.2. The lowest BCUT2D eigenvalue weighted by molar-refractivity contribution is 0.457. The molecule has 4 nitrogen and oxygen atoms in total. The first kappa shape index (κ1) is 14.9. The van der Waals surface area contributed by atoms with Crippen LogP contribution in [0.4, 0.5) is 5.69 Å². The van der Waals surface area contributed by atoms with Gasteiger partial charge in [-0.1, -0.05) is 27.7 Å². The van der Waals surface area contributed by atoms with Gasteiger partial charge in [0.25, 0.3) is 0 Å². The first-order chi connectivity index (χ1) is 9.66. The van der Waals surface area contributed by atoms with Gasteiger partial charge >= 0.3 is 0 Å². The summed E-state index contributed by atoms with van der Waals surface area (Å²) in [4.78, 5) is 0.376. The largest absolute Gasteiger partial charge is 0.384 e. The van der Waals surface area contributed by atoms with E-state index in [9.17, 15) is 8.42 Å². The van der Waals surface area contributed by atoms with Gasteiger partial charge in [0, 0.05) is 18.8 Å². The van der Waals surface area contributed by atoms with Crippen molar-refractivity contribution in [2.45, 2.75) is 39.0 Å². The fraction of sp³-hybridized carbons (Fsp3) is 0.625. The van der Waals surface area contributed by atoms with Gasteiger partial charge in [0.05, 0.1) is 4.90 Å². The maximum absolute atomic E-state index is 12.5. The van der Waals surface area contributed by atoms with Crippen LogP contribution in [0.5, 0.6) is 0 Å². The van der Waals surface area contributed by atoms with Gasteiger partial charge in [0.1, 0.15) is 0 Å². The van der Waals surface area contributed by atoms with Crippen molar-refractivity contribution in [3.63, 3.8) is 0 Å². The van der Waals surface area contributed by atoms with Gasteiger partial charge in [0.15, 0.2) is 0 Å². The molecule has 21 heavy (non-hydrogen) atoms. The molecule has 0 spiro atoms. The maximum Gasteiger partial charge on any atom is 0.240 e. The molecule has 0 unspecified atom stereocenters. The zero-order valence-corrected chi connectivity index (χ0v) is 14.0. The second kappa shape index (κ2) is 4.46. The number of hydrogen-bond donors (Lipinski definition) is 2. The van der Waals surface area contributed by atoms with Crippen LogP contribution in [-0.4, -0.2) is 21.5 Å². The van der Waals surface area contributed by atoms with Crippen molar-refractivity contribution in [3.05, 3.63) is 23.8 Å². The van der Waals surface area contributed by atoms with Crippen LogP contribution >= 0.6 is 0 Å². The summed E-state index contributed by atoms with van der Waals surface area (Å²) in [6, 6.07) is 5.34. The first-order valence-corrected chi connectivity index (χ1v) is 9.01. The van der Waals surface area contributed by atoms with Gasteiger partial charge in [0.2, 0.25) is 10.0 Å². The Hall–Kier alpha value is -1.07. The quantitative estimate of drug-likeness (QED) is 0.899. The van der Waals surface area contributed by atoms with Crippen molar-refractivity contribution in [1.82, 2.24) is 4.72 Å². The lowest BCUT2D eigenvalue weighted by Gasteiger charge is -2.09. The second-order valence-corrected chi connectivity index (χ2v) is 9.11. The van der Waals surface area contributed by atoms with Crippen molar-refractivity contribution in [2.24, 2.45) is 16.7 Å². The normalized spacial score (nSPS) is 22.7. The third-order valence-corrected chi connectivity index (χ3v) is 7.32. The minimum Gasteiger partial charge on any atom is -0.384 e. The molecule has 1 aliphatic carbocycles. The summed E-state index contributed by atoms with van der Waals surface area (Å²) in [6.45, 7) is 10.2. The van der Waals surface area contributed by atoms with E-state index in [2.05, 4.69) is 37.7 Å². The van der Waals surface area contributed by atoms with Crippen LogP contribution in [0.15, 0.2) is 23.1 Å². The maximum atomic E-state index is 12.5. The van der Waals surface area contributed by atoms with E-state index < -0.39 is 10.0 Å². The Morgan fingerprint density at radius 2 is 1.90 bits per heavy atom. The van der Waals surface area contributed by atoms with Crippen molar-refractivity contribution in [3.8, 4) is 0 Å². The highest BCUT2D eigenvalue weighted by molar-refractivity contribution is 7.89. The highest BCUT2D eigenvalue weighted by Crippen LogP contribution is 2.67. The summed E-state index contributed by atoms with van der Waals surface area (Å²) in [5.74, 6) is 0.385.